The Kier molecular flexibility index (Phi) is 10.1. The van der Waals surface area contributed by atoms with Crippen LogP contribution in [0.5, 0.6) is 0 Å². The zero-order chi connectivity index (χ0) is 31.4. The number of piperidine rings is 1. The van der Waals surface area contributed by atoms with Crippen molar-refractivity contribution < 1.29 is 23.6 Å². The van der Waals surface area contributed by atoms with Crippen LogP contribution in [0.1, 0.15) is 69.7 Å². The Morgan fingerprint density at radius 3 is 2.32 bits per heavy atom. The Bertz CT molecular complexity index is 1390. The highest BCUT2D eigenvalue weighted by Gasteiger charge is 2.40. The number of carbonyl (C=O) groups is 2. The second-order valence-electron chi connectivity index (χ2n) is 12.4. The van der Waals surface area contributed by atoms with Crippen LogP contribution in [-0.2, 0) is 26.1 Å². The first-order valence-electron chi connectivity index (χ1n) is 15.7. The van der Waals surface area contributed by atoms with E-state index < -0.39 is 12.0 Å². The molecule has 2 amide bonds. The van der Waals surface area contributed by atoms with Crippen LogP contribution in [0.3, 0.4) is 0 Å². The highest BCUT2D eigenvalue weighted by atomic mass is 16.7. The molecule has 0 spiro atoms. The van der Waals surface area contributed by atoms with Gasteiger partial charge in [-0.2, -0.15) is 5.10 Å². The highest BCUT2D eigenvalue weighted by molar-refractivity contribution is 5.91. The molecule has 2 aromatic heterocycles. The molecule has 0 aliphatic carbocycles. The molecule has 2 saturated heterocycles. The number of nitrogens with zero attached hydrogens (tertiary/aromatic N) is 5. The van der Waals surface area contributed by atoms with Gasteiger partial charge in [0.1, 0.15) is 12.0 Å². The smallest absolute Gasteiger partial charge is 0.243 e. The van der Waals surface area contributed by atoms with Gasteiger partial charge in [-0.25, -0.2) is 0 Å². The molecule has 3 aromatic rings. The van der Waals surface area contributed by atoms with Gasteiger partial charge in [0.15, 0.2) is 17.9 Å². The van der Waals surface area contributed by atoms with Crippen LogP contribution in [0.25, 0.3) is 11.3 Å². The zero-order valence-corrected chi connectivity index (χ0v) is 26.7. The number of hydrogen-bond acceptors (Lipinski definition) is 8. The molecule has 3 unspecified atom stereocenters. The standard InChI is InChI=1S/C33H46N6O5/c1-21(2)30(28-20-29(36-44-28)38-18-14-25(15-19-38)33(42-5)43-6)32(41)39-17-7-8-27(39)31(40)35-22(3)23-9-11-24(12-10-23)26-13-16-34-37(26)4/h9-13,16,20-22,25,27,30,33H,7-8,14-15,17-19H2,1-6H3,(H,35,40). The monoisotopic (exact) mass is 606 g/mol. The molecule has 11 heteroatoms. The molecule has 3 atom stereocenters. The van der Waals surface area contributed by atoms with Gasteiger partial charge in [0, 0.05) is 59.1 Å². The lowest BCUT2D eigenvalue weighted by atomic mass is 9.91. The zero-order valence-electron chi connectivity index (χ0n) is 26.7. The fourth-order valence-corrected chi connectivity index (χ4v) is 6.67. The predicted molar refractivity (Wildman–Crippen MR) is 167 cm³/mol. The van der Waals surface area contributed by atoms with E-state index in [4.69, 9.17) is 14.0 Å². The molecule has 5 rings (SSSR count). The molecular formula is C33H46N6O5. The summed E-state index contributed by atoms with van der Waals surface area (Å²) in [5.41, 5.74) is 3.09. The number of likely N-dealkylation sites (tertiary alicyclic amines) is 1. The number of aromatic nitrogens is 3. The topological polar surface area (TPSA) is 115 Å². The van der Waals surface area contributed by atoms with Crippen LogP contribution < -0.4 is 10.2 Å². The maximum absolute atomic E-state index is 14.0. The minimum Gasteiger partial charge on any atom is -0.358 e. The van der Waals surface area contributed by atoms with Crippen molar-refractivity contribution in [2.24, 2.45) is 18.9 Å². The van der Waals surface area contributed by atoms with E-state index in [1.165, 1.54) is 0 Å². The molecule has 1 N–H and O–H groups in total. The molecule has 4 heterocycles. The molecule has 0 saturated carbocycles. The summed E-state index contributed by atoms with van der Waals surface area (Å²) in [5.74, 6) is 0.835. The van der Waals surface area contributed by atoms with Gasteiger partial charge in [0.25, 0.3) is 0 Å². The van der Waals surface area contributed by atoms with Crippen LogP contribution in [0.2, 0.25) is 0 Å². The van der Waals surface area contributed by atoms with E-state index in [1.807, 2.05) is 68.9 Å². The molecule has 238 valence electrons. The van der Waals surface area contributed by atoms with Crippen molar-refractivity contribution in [3.05, 3.63) is 53.9 Å². The summed E-state index contributed by atoms with van der Waals surface area (Å²) in [6.45, 7) is 8.14. The van der Waals surface area contributed by atoms with Gasteiger partial charge >= 0.3 is 0 Å². The third kappa shape index (κ3) is 6.68. The lowest BCUT2D eigenvalue weighted by Crippen LogP contribution is -2.48. The highest BCUT2D eigenvalue weighted by Crippen LogP contribution is 2.34. The number of hydrogen-bond donors (Lipinski definition) is 1. The van der Waals surface area contributed by atoms with E-state index in [-0.39, 0.29) is 30.1 Å². The number of amides is 2. The van der Waals surface area contributed by atoms with Crippen molar-refractivity contribution in [2.45, 2.75) is 70.7 Å². The Morgan fingerprint density at radius 2 is 1.70 bits per heavy atom. The molecule has 44 heavy (non-hydrogen) atoms. The number of ether oxygens (including phenoxy) is 2. The van der Waals surface area contributed by atoms with E-state index in [0.29, 0.717) is 24.6 Å². The lowest BCUT2D eigenvalue weighted by Gasteiger charge is -2.34. The molecule has 2 fully saturated rings. The summed E-state index contributed by atoms with van der Waals surface area (Å²) in [4.78, 5) is 31.5. The van der Waals surface area contributed by atoms with E-state index in [9.17, 15) is 9.59 Å². The fraction of sp³-hybridized carbons (Fsp3) is 0.576. The summed E-state index contributed by atoms with van der Waals surface area (Å²) < 4.78 is 18.6. The number of methoxy groups -OCH3 is 2. The fourth-order valence-electron chi connectivity index (χ4n) is 6.67. The molecule has 1 aromatic carbocycles. The third-order valence-electron chi connectivity index (χ3n) is 9.19. The van der Waals surface area contributed by atoms with Gasteiger partial charge in [0.2, 0.25) is 11.8 Å². The molecule has 2 aliphatic rings. The van der Waals surface area contributed by atoms with Crippen molar-refractivity contribution in [3.8, 4) is 11.3 Å². The van der Waals surface area contributed by atoms with Crippen molar-refractivity contribution in [2.75, 3.05) is 38.8 Å². The summed E-state index contributed by atoms with van der Waals surface area (Å²) in [7, 11) is 5.26. The van der Waals surface area contributed by atoms with Gasteiger partial charge in [-0.05, 0) is 55.7 Å². The average Bonchev–Trinajstić information content (AvgIpc) is 3.80. The van der Waals surface area contributed by atoms with E-state index in [0.717, 1.165) is 55.0 Å². The summed E-state index contributed by atoms with van der Waals surface area (Å²) in [6.07, 6.45) is 4.81. The first-order valence-corrected chi connectivity index (χ1v) is 15.7. The first kappa shape index (κ1) is 31.7. The quantitative estimate of drug-likeness (QED) is 0.317. The van der Waals surface area contributed by atoms with Crippen LogP contribution in [0.4, 0.5) is 5.82 Å². The minimum absolute atomic E-state index is 0.0284. The van der Waals surface area contributed by atoms with Gasteiger partial charge < -0.3 is 29.1 Å². The largest absolute Gasteiger partial charge is 0.358 e. The molecular weight excluding hydrogens is 560 g/mol. The summed E-state index contributed by atoms with van der Waals surface area (Å²) in [6, 6.07) is 11.3. The van der Waals surface area contributed by atoms with E-state index >= 15 is 0 Å². The van der Waals surface area contributed by atoms with Crippen molar-refractivity contribution in [3.63, 3.8) is 0 Å². The number of benzene rings is 1. The Morgan fingerprint density at radius 1 is 1.00 bits per heavy atom. The number of nitrogens with one attached hydrogen (secondary N) is 1. The summed E-state index contributed by atoms with van der Waals surface area (Å²) >= 11 is 0. The number of carbonyl (C=O) groups excluding carboxylic acids is 2. The first-order chi connectivity index (χ1) is 21.2. The van der Waals surface area contributed by atoms with Gasteiger partial charge in [-0.15, -0.1) is 0 Å². The van der Waals surface area contributed by atoms with Crippen LogP contribution in [0.15, 0.2) is 47.1 Å². The van der Waals surface area contributed by atoms with Crippen molar-refractivity contribution in [1.29, 1.82) is 0 Å². The number of anilines is 1. The maximum atomic E-state index is 14.0. The number of rotatable bonds is 11. The Balaban J connectivity index is 1.22. The third-order valence-corrected chi connectivity index (χ3v) is 9.19. The second kappa shape index (κ2) is 13.9. The predicted octanol–water partition coefficient (Wildman–Crippen LogP) is 4.52. The van der Waals surface area contributed by atoms with Gasteiger partial charge in [0.05, 0.1) is 11.7 Å². The average molecular weight is 607 g/mol. The van der Waals surface area contributed by atoms with E-state index in [1.54, 1.807) is 25.3 Å². The summed E-state index contributed by atoms with van der Waals surface area (Å²) in [5, 5.41) is 11.7. The Labute approximate surface area is 259 Å². The van der Waals surface area contributed by atoms with Gasteiger partial charge in [-0.1, -0.05) is 43.3 Å². The van der Waals surface area contributed by atoms with Crippen LogP contribution in [-0.4, -0.2) is 77.8 Å². The van der Waals surface area contributed by atoms with E-state index in [2.05, 4.69) is 20.5 Å². The maximum Gasteiger partial charge on any atom is 0.243 e. The molecule has 0 radical (unpaired) electrons. The Hall–Kier alpha value is -3.70. The van der Waals surface area contributed by atoms with Crippen LogP contribution in [0, 0.1) is 11.8 Å². The molecule has 11 nitrogen and oxygen atoms in total. The SMILES string of the molecule is COC(OC)C1CCN(c2cc(C(C(=O)N3CCCC3C(=O)NC(C)c3ccc(-c4ccnn4C)cc3)C(C)C)on2)CC1. The lowest BCUT2D eigenvalue weighted by molar-refractivity contribution is -0.141. The molecule has 2 aliphatic heterocycles. The molecule has 0 bridgehead atoms. The second-order valence-corrected chi connectivity index (χ2v) is 12.4. The normalized spacial score (nSPS) is 19.1. The number of aryl methyl sites for hydroxylation is 1. The van der Waals surface area contributed by atoms with Gasteiger partial charge in [-0.3, -0.25) is 14.3 Å². The minimum atomic E-state index is -0.523. The van der Waals surface area contributed by atoms with Crippen LogP contribution >= 0.6 is 0 Å². The van der Waals surface area contributed by atoms with Crippen molar-refractivity contribution >= 4 is 17.6 Å². The van der Waals surface area contributed by atoms with Crippen molar-refractivity contribution in [1.82, 2.24) is 25.2 Å².